The van der Waals surface area contributed by atoms with Crippen LogP contribution in [0.3, 0.4) is 0 Å². The number of amides is 1. The Morgan fingerprint density at radius 1 is 1.19 bits per heavy atom. The molecule has 2 aliphatic heterocycles. The van der Waals surface area contributed by atoms with E-state index in [1.54, 1.807) is 0 Å². The maximum absolute atomic E-state index is 13.6. The van der Waals surface area contributed by atoms with Gasteiger partial charge in [-0.15, -0.1) is 0 Å². The highest BCUT2D eigenvalue weighted by Gasteiger charge is 2.55. The van der Waals surface area contributed by atoms with Gasteiger partial charge in [0.15, 0.2) is 6.29 Å². The van der Waals surface area contributed by atoms with Gasteiger partial charge in [0.25, 0.3) is 0 Å². The minimum atomic E-state index is -1.21. The van der Waals surface area contributed by atoms with E-state index in [0.29, 0.717) is 42.7 Å². The van der Waals surface area contributed by atoms with Crippen molar-refractivity contribution in [1.29, 1.82) is 0 Å². The lowest BCUT2D eigenvalue weighted by Gasteiger charge is -2.62. The molecular weight excluding hydrogens is 400 g/mol. The van der Waals surface area contributed by atoms with Crippen molar-refractivity contribution in [2.75, 3.05) is 0 Å². The molecule has 5 nitrogen and oxygen atoms in total. The summed E-state index contributed by atoms with van der Waals surface area (Å²) >= 11 is 0. The fourth-order valence-electron chi connectivity index (χ4n) is 7.77. The number of hydrogen-bond acceptors (Lipinski definition) is 3. The monoisotopic (exact) mass is 436 g/mol. The Labute approximate surface area is 190 Å². The lowest BCUT2D eigenvalue weighted by molar-refractivity contribution is -0.161. The fraction of sp³-hybridized carbons (Fsp3) is 0.667. The third-order valence-electron chi connectivity index (χ3n) is 9.07. The second-order valence-electron chi connectivity index (χ2n) is 11.5. The molecule has 3 aliphatic carbocycles. The lowest BCUT2D eigenvalue weighted by atomic mass is 9.54. The van der Waals surface area contributed by atoms with Crippen molar-refractivity contribution >= 4 is 16.8 Å². The number of carbonyl (C=O) groups is 1. The van der Waals surface area contributed by atoms with Crippen molar-refractivity contribution < 1.29 is 15.0 Å². The number of aliphatic hydroxyl groups excluding tert-OH is 1. The number of rotatable bonds is 7. The summed E-state index contributed by atoms with van der Waals surface area (Å²) in [4.78, 5) is 19.3. The van der Waals surface area contributed by atoms with Crippen molar-refractivity contribution in [3.05, 3.63) is 35.5 Å². The zero-order chi connectivity index (χ0) is 22.0. The smallest absolute Gasteiger partial charge is 0.223 e. The first-order valence-corrected chi connectivity index (χ1v) is 12.7. The van der Waals surface area contributed by atoms with E-state index < -0.39 is 6.29 Å². The number of aromatic nitrogens is 1. The molecule has 172 valence electrons. The molecule has 3 saturated carbocycles. The van der Waals surface area contributed by atoms with Crippen LogP contribution in [-0.2, 0) is 4.79 Å². The van der Waals surface area contributed by atoms with Crippen LogP contribution in [0.25, 0.3) is 10.9 Å². The molecule has 4 bridgehead atoms. The highest BCUT2D eigenvalue weighted by Crippen LogP contribution is 2.58. The van der Waals surface area contributed by atoms with Gasteiger partial charge >= 0.3 is 0 Å². The van der Waals surface area contributed by atoms with E-state index in [1.807, 2.05) is 0 Å². The summed E-state index contributed by atoms with van der Waals surface area (Å²) in [7, 11) is 0. The number of benzene rings is 1. The Morgan fingerprint density at radius 3 is 2.62 bits per heavy atom. The molecule has 3 atom stereocenters. The van der Waals surface area contributed by atoms with Crippen molar-refractivity contribution in [2.45, 2.75) is 101 Å². The largest absolute Gasteiger partial charge is 0.368 e. The van der Waals surface area contributed by atoms with Crippen molar-refractivity contribution in [3.8, 4) is 0 Å². The zero-order valence-corrected chi connectivity index (χ0v) is 19.1. The molecule has 32 heavy (non-hydrogen) atoms. The van der Waals surface area contributed by atoms with Gasteiger partial charge in [0.2, 0.25) is 5.91 Å². The molecule has 5 aliphatic rings. The molecule has 1 amide bonds. The van der Waals surface area contributed by atoms with Gasteiger partial charge in [-0.05, 0) is 98.1 Å². The van der Waals surface area contributed by atoms with Crippen LogP contribution in [-0.4, -0.2) is 44.4 Å². The summed E-state index contributed by atoms with van der Waals surface area (Å²) in [6, 6.07) is 7.28. The van der Waals surface area contributed by atoms with Gasteiger partial charge in [0.05, 0.1) is 0 Å². The normalized spacial score (nSPS) is 32.2. The lowest BCUT2D eigenvalue weighted by Crippen LogP contribution is -2.63. The van der Waals surface area contributed by atoms with E-state index in [9.17, 15) is 15.0 Å². The highest BCUT2D eigenvalue weighted by atomic mass is 16.5. The second-order valence-corrected chi connectivity index (χ2v) is 11.5. The first-order valence-electron chi connectivity index (χ1n) is 12.7. The van der Waals surface area contributed by atoms with Crippen molar-refractivity contribution in [1.82, 2.24) is 9.88 Å². The zero-order valence-electron chi connectivity index (χ0n) is 19.1. The van der Waals surface area contributed by atoms with Gasteiger partial charge in [-0.3, -0.25) is 4.79 Å². The highest BCUT2D eigenvalue weighted by molar-refractivity contribution is 5.89. The molecule has 1 aromatic carbocycles. The summed E-state index contributed by atoms with van der Waals surface area (Å²) in [6.07, 6.45) is 11.0. The Kier molecular flexibility index (Phi) is 4.92. The Morgan fingerprint density at radius 2 is 1.94 bits per heavy atom. The van der Waals surface area contributed by atoms with Crippen LogP contribution in [0.5, 0.6) is 0 Å². The van der Waals surface area contributed by atoms with Gasteiger partial charge in [0.1, 0.15) is 0 Å². The number of fused-ring (bicyclic) bond motifs is 1. The molecule has 5 fully saturated rings. The van der Waals surface area contributed by atoms with Crippen LogP contribution in [0.2, 0.25) is 0 Å². The van der Waals surface area contributed by atoms with Crippen LogP contribution < -0.4 is 0 Å². The van der Waals surface area contributed by atoms with Crippen LogP contribution in [0.15, 0.2) is 24.4 Å². The van der Waals surface area contributed by atoms with E-state index in [4.69, 9.17) is 0 Å². The predicted octanol–water partition coefficient (Wildman–Crippen LogP) is 4.79. The molecular formula is C27H36N2O3. The van der Waals surface area contributed by atoms with Gasteiger partial charge in [-0.25, -0.2) is 0 Å². The number of carbonyl (C=O) groups excluding carboxylic acids is 1. The summed E-state index contributed by atoms with van der Waals surface area (Å²) in [6.45, 7) is 2.21. The average Bonchev–Trinajstić information content (AvgIpc) is 3.49. The third kappa shape index (κ3) is 3.49. The predicted molar refractivity (Wildman–Crippen MR) is 124 cm³/mol. The maximum atomic E-state index is 13.6. The molecule has 2 saturated heterocycles. The van der Waals surface area contributed by atoms with Crippen LogP contribution >= 0.6 is 0 Å². The molecule has 0 radical (unpaired) electrons. The summed E-state index contributed by atoms with van der Waals surface area (Å²) < 4.78 is 0. The van der Waals surface area contributed by atoms with E-state index in [0.717, 1.165) is 32.1 Å². The molecule has 3 unspecified atom stereocenters. The minimum Gasteiger partial charge on any atom is -0.368 e. The SMILES string of the molecule is CC(CC(=O)N1C2CC3CC1CC(CCC(O)O)(C3)C2)c1c[nH]c2cccc(C3CC3)c12. The van der Waals surface area contributed by atoms with Crippen LogP contribution in [0.1, 0.15) is 94.1 Å². The molecule has 2 aromatic rings. The Hall–Kier alpha value is -1.85. The number of aromatic amines is 1. The third-order valence-corrected chi connectivity index (χ3v) is 9.07. The quantitative estimate of drug-likeness (QED) is 0.546. The number of aliphatic hydroxyl groups is 2. The van der Waals surface area contributed by atoms with E-state index >= 15 is 0 Å². The first kappa shape index (κ1) is 20.7. The van der Waals surface area contributed by atoms with E-state index in [-0.39, 0.29) is 11.3 Å². The van der Waals surface area contributed by atoms with Crippen molar-refractivity contribution in [3.63, 3.8) is 0 Å². The molecule has 0 spiro atoms. The second kappa shape index (κ2) is 7.59. The summed E-state index contributed by atoms with van der Waals surface area (Å²) in [5.74, 6) is 1.92. The minimum absolute atomic E-state index is 0.201. The maximum Gasteiger partial charge on any atom is 0.223 e. The number of H-pyrrole nitrogens is 1. The number of nitrogens with one attached hydrogen (secondary N) is 1. The fourth-order valence-corrected chi connectivity index (χ4v) is 7.77. The molecule has 3 N–H and O–H groups in total. The number of piperidine rings is 2. The molecule has 5 heteroatoms. The van der Waals surface area contributed by atoms with E-state index in [2.05, 4.69) is 41.2 Å². The standard InChI is InChI=1S/C27H36N2O3/c1-16(22-15-28-23-4-2-3-21(26(22)23)18-5-6-18)9-24(30)29-19-10-17-11-20(29)14-27(12-17,13-19)8-7-25(31)32/h2-4,15-20,25,28,31-32H,5-14H2,1H3. The molecule has 7 rings (SSSR count). The van der Waals surface area contributed by atoms with Crippen LogP contribution in [0, 0.1) is 11.3 Å². The average molecular weight is 437 g/mol. The van der Waals surface area contributed by atoms with Gasteiger partial charge < -0.3 is 20.1 Å². The van der Waals surface area contributed by atoms with Gasteiger partial charge in [-0.2, -0.15) is 0 Å². The van der Waals surface area contributed by atoms with Crippen LogP contribution in [0.4, 0.5) is 0 Å². The Balaban J connectivity index is 1.19. The topological polar surface area (TPSA) is 76.6 Å². The van der Waals surface area contributed by atoms with Gasteiger partial charge in [-0.1, -0.05) is 19.1 Å². The molecule has 3 heterocycles. The molecule has 1 aromatic heterocycles. The summed E-state index contributed by atoms with van der Waals surface area (Å²) in [5.41, 5.74) is 4.18. The first-order chi connectivity index (χ1) is 15.4. The number of nitrogens with zero attached hydrogens (tertiary/aromatic N) is 1. The van der Waals surface area contributed by atoms with E-state index in [1.165, 1.54) is 41.3 Å². The Bertz CT molecular complexity index is 1010. The van der Waals surface area contributed by atoms with Gasteiger partial charge in [0, 0.05) is 35.6 Å². The van der Waals surface area contributed by atoms with Crippen molar-refractivity contribution in [2.24, 2.45) is 11.3 Å². The number of hydrogen-bond donors (Lipinski definition) is 3. The summed E-state index contributed by atoms with van der Waals surface area (Å²) in [5, 5.41) is 20.2.